The van der Waals surface area contributed by atoms with Crippen LogP contribution in [0.25, 0.3) is 0 Å². The highest BCUT2D eigenvalue weighted by Crippen LogP contribution is 2.41. The number of hydrogen-bond acceptors (Lipinski definition) is 10. The molecule has 3 aromatic rings. The van der Waals surface area contributed by atoms with Crippen LogP contribution >= 0.6 is 0 Å². The third-order valence-corrected chi connectivity index (χ3v) is 9.75. The second kappa shape index (κ2) is 14.2. The lowest BCUT2D eigenvalue weighted by Crippen LogP contribution is -2.42. The van der Waals surface area contributed by atoms with Crippen molar-refractivity contribution in [3.8, 4) is 28.7 Å². The molecule has 0 spiro atoms. The Morgan fingerprint density at radius 3 is 1.70 bits per heavy atom. The Morgan fingerprint density at radius 2 is 1.25 bits per heavy atom. The number of carbonyl (C=O) groups is 1. The number of rotatable bonds is 13. The Balaban J connectivity index is 1.88. The monoisotopic (exact) mass is 629 g/mol. The smallest absolute Gasteiger partial charge is 0.316 e. The predicted molar refractivity (Wildman–Crippen MR) is 162 cm³/mol. The quantitative estimate of drug-likeness (QED) is 0.253. The van der Waals surface area contributed by atoms with Crippen molar-refractivity contribution in [2.45, 2.75) is 36.2 Å². The number of nitrogens with zero attached hydrogens (tertiary/aromatic N) is 1. The number of hydrogen-bond donors (Lipinski definition) is 0. The van der Waals surface area contributed by atoms with E-state index in [1.165, 1.54) is 38.8 Å². The van der Waals surface area contributed by atoms with Gasteiger partial charge in [-0.2, -0.15) is 4.31 Å². The molecule has 11 nitrogen and oxygen atoms in total. The van der Waals surface area contributed by atoms with Gasteiger partial charge in [0.2, 0.25) is 10.0 Å². The number of methoxy groups -OCH3 is 6. The zero-order valence-corrected chi connectivity index (χ0v) is 26.7. The van der Waals surface area contributed by atoms with Crippen LogP contribution in [0, 0.1) is 0 Å². The summed E-state index contributed by atoms with van der Waals surface area (Å²) in [4.78, 5) is 13.1. The molecule has 1 aliphatic heterocycles. The first-order chi connectivity index (χ1) is 21.2. The molecule has 1 aliphatic rings. The van der Waals surface area contributed by atoms with E-state index in [0.29, 0.717) is 65.7 Å². The molecule has 0 saturated carbocycles. The summed E-state index contributed by atoms with van der Waals surface area (Å²) < 4.78 is 68.9. The molecular weight excluding hydrogens is 590 g/mol. The molecule has 0 amide bonds. The van der Waals surface area contributed by atoms with Gasteiger partial charge in [-0.1, -0.05) is 18.2 Å². The molecule has 0 unspecified atom stereocenters. The SMILES string of the molecule is COC(=O)C1(c2ccc(OC)c(S(=O)(=O)N(Cc3ccc(OC)cc3OC)Cc3ccc(OC)cc3OC)c2)CCOCC1. The first-order valence-corrected chi connectivity index (χ1v) is 15.4. The maximum absolute atomic E-state index is 14.7. The number of ether oxygens (including phenoxy) is 7. The average Bonchev–Trinajstić information content (AvgIpc) is 3.07. The maximum atomic E-state index is 14.7. The van der Waals surface area contributed by atoms with E-state index in [9.17, 15) is 13.2 Å². The fourth-order valence-electron chi connectivity index (χ4n) is 5.41. The Kier molecular flexibility index (Phi) is 10.6. The second-order valence-corrected chi connectivity index (χ2v) is 12.1. The highest BCUT2D eigenvalue weighted by molar-refractivity contribution is 7.89. The van der Waals surface area contributed by atoms with Crippen LogP contribution in [0.4, 0.5) is 0 Å². The summed E-state index contributed by atoms with van der Waals surface area (Å²) in [6.07, 6.45) is 0.697. The van der Waals surface area contributed by atoms with E-state index in [2.05, 4.69) is 0 Å². The zero-order valence-electron chi connectivity index (χ0n) is 25.9. The van der Waals surface area contributed by atoms with Crippen molar-refractivity contribution in [1.29, 1.82) is 0 Å². The highest BCUT2D eigenvalue weighted by atomic mass is 32.2. The molecule has 3 aromatic carbocycles. The minimum Gasteiger partial charge on any atom is -0.497 e. The van der Waals surface area contributed by atoms with Crippen LogP contribution in [0.3, 0.4) is 0 Å². The number of benzene rings is 3. The van der Waals surface area contributed by atoms with Crippen molar-refractivity contribution >= 4 is 16.0 Å². The van der Waals surface area contributed by atoms with Crippen LogP contribution in [0.2, 0.25) is 0 Å². The maximum Gasteiger partial charge on any atom is 0.316 e. The first-order valence-electron chi connectivity index (χ1n) is 13.9. The van der Waals surface area contributed by atoms with E-state index >= 15 is 0 Å². The van der Waals surface area contributed by atoms with Crippen molar-refractivity contribution in [3.63, 3.8) is 0 Å². The summed E-state index contributed by atoms with van der Waals surface area (Å²) in [6, 6.07) is 15.2. The van der Waals surface area contributed by atoms with Gasteiger partial charge in [0, 0.05) is 49.6 Å². The summed E-state index contributed by atoms with van der Waals surface area (Å²) in [5, 5.41) is 0. The van der Waals surface area contributed by atoms with Crippen molar-refractivity contribution < 1.29 is 46.4 Å². The van der Waals surface area contributed by atoms with Gasteiger partial charge in [-0.05, 0) is 42.7 Å². The molecule has 0 radical (unpaired) electrons. The lowest BCUT2D eigenvalue weighted by atomic mass is 9.74. The van der Waals surface area contributed by atoms with E-state index in [-0.39, 0.29) is 23.7 Å². The number of esters is 1. The van der Waals surface area contributed by atoms with Gasteiger partial charge < -0.3 is 33.2 Å². The molecule has 1 saturated heterocycles. The normalized spacial score (nSPS) is 14.5. The molecule has 0 aromatic heterocycles. The van der Waals surface area contributed by atoms with Crippen LogP contribution < -0.4 is 23.7 Å². The lowest BCUT2D eigenvalue weighted by Gasteiger charge is -2.35. The standard InChI is InChI=1S/C32H39NO10S/c1-37-25-10-7-22(28(18-25)40-4)20-33(21-23-8-11-26(38-2)19-29(23)41-5)44(35,36)30-17-24(9-12-27(30)39-3)32(31(34)42-6)13-15-43-16-14-32/h7-12,17-19H,13-16,20-21H2,1-6H3. The van der Waals surface area contributed by atoms with Gasteiger partial charge in [-0.25, -0.2) is 8.42 Å². The topological polar surface area (TPSA) is 119 Å². The minimum absolute atomic E-state index is 0.0615. The number of carbonyl (C=O) groups excluding carboxylic acids is 1. The largest absolute Gasteiger partial charge is 0.497 e. The van der Waals surface area contributed by atoms with E-state index in [4.69, 9.17) is 33.2 Å². The van der Waals surface area contributed by atoms with Gasteiger partial charge in [0.05, 0.1) is 48.1 Å². The van der Waals surface area contributed by atoms with Crippen LogP contribution in [-0.4, -0.2) is 74.6 Å². The second-order valence-electron chi connectivity index (χ2n) is 10.2. The van der Waals surface area contributed by atoms with Crippen molar-refractivity contribution in [1.82, 2.24) is 4.31 Å². The van der Waals surface area contributed by atoms with E-state index in [1.54, 1.807) is 62.8 Å². The molecule has 44 heavy (non-hydrogen) atoms. The van der Waals surface area contributed by atoms with Gasteiger partial charge in [0.15, 0.2) is 0 Å². The predicted octanol–water partition coefficient (Wildman–Crippen LogP) is 4.34. The van der Waals surface area contributed by atoms with Crippen molar-refractivity contribution in [2.75, 3.05) is 55.9 Å². The van der Waals surface area contributed by atoms with Gasteiger partial charge in [0.25, 0.3) is 0 Å². The molecule has 1 heterocycles. The van der Waals surface area contributed by atoms with Gasteiger partial charge >= 0.3 is 5.97 Å². The molecule has 0 N–H and O–H groups in total. The fourth-order valence-corrected chi connectivity index (χ4v) is 6.99. The Bertz CT molecular complexity index is 1510. The molecule has 238 valence electrons. The van der Waals surface area contributed by atoms with Crippen LogP contribution in [0.1, 0.15) is 29.5 Å². The number of sulfonamides is 1. The fraction of sp³-hybridized carbons (Fsp3) is 0.406. The van der Waals surface area contributed by atoms with E-state index < -0.39 is 21.4 Å². The summed E-state index contributed by atoms with van der Waals surface area (Å²) in [7, 11) is 4.54. The molecule has 12 heteroatoms. The van der Waals surface area contributed by atoms with Gasteiger partial charge in [0.1, 0.15) is 33.6 Å². The average molecular weight is 630 g/mol. The summed E-state index contributed by atoms with van der Waals surface area (Å²) >= 11 is 0. The lowest BCUT2D eigenvalue weighted by molar-refractivity contribution is -0.151. The Morgan fingerprint density at radius 1 is 0.727 bits per heavy atom. The highest BCUT2D eigenvalue weighted by Gasteiger charge is 2.44. The third-order valence-electron chi connectivity index (χ3n) is 7.94. The summed E-state index contributed by atoms with van der Waals surface area (Å²) in [5.41, 5.74) is 0.660. The van der Waals surface area contributed by atoms with Crippen molar-refractivity contribution in [3.05, 3.63) is 71.3 Å². The van der Waals surface area contributed by atoms with Crippen LogP contribution in [-0.2, 0) is 42.8 Å². The van der Waals surface area contributed by atoms with Gasteiger partial charge in [-0.3, -0.25) is 4.79 Å². The van der Waals surface area contributed by atoms with E-state index in [1.807, 2.05) is 0 Å². The molecule has 4 rings (SSSR count). The molecule has 0 bridgehead atoms. The summed E-state index contributed by atoms with van der Waals surface area (Å²) in [5.74, 6) is 1.73. The molecule has 0 atom stereocenters. The summed E-state index contributed by atoms with van der Waals surface area (Å²) in [6.45, 7) is 0.551. The zero-order chi connectivity index (χ0) is 31.9. The van der Waals surface area contributed by atoms with Gasteiger partial charge in [-0.15, -0.1) is 0 Å². The minimum atomic E-state index is -4.29. The first kappa shape index (κ1) is 32.9. The van der Waals surface area contributed by atoms with E-state index in [0.717, 1.165) is 0 Å². The van der Waals surface area contributed by atoms with Crippen molar-refractivity contribution in [2.24, 2.45) is 0 Å². The third kappa shape index (κ3) is 6.57. The van der Waals surface area contributed by atoms with Crippen LogP contribution in [0.5, 0.6) is 28.7 Å². The molecule has 1 fully saturated rings. The Labute approximate surface area is 258 Å². The van der Waals surface area contributed by atoms with Crippen LogP contribution in [0.15, 0.2) is 59.5 Å². The Hall–Kier alpha value is -4.00. The molecule has 0 aliphatic carbocycles. The molecular formula is C32H39NO10S.